The molecule has 0 saturated carbocycles. The van der Waals surface area contributed by atoms with Crippen molar-refractivity contribution in [3.05, 3.63) is 138 Å². The molecule has 176 valence electrons. The fourth-order valence-corrected chi connectivity index (χ4v) is 4.35. The van der Waals surface area contributed by atoms with Crippen LogP contribution in [0.15, 0.2) is 127 Å². The third-order valence-electron chi connectivity index (χ3n) is 5.83. The predicted molar refractivity (Wildman–Crippen MR) is 144 cm³/mol. The van der Waals surface area contributed by atoms with Crippen LogP contribution in [0, 0.1) is 0 Å². The molecule has 0 radical (unpaired) electrons. The van der Waals surface area contributed by atoms with Crippen molar-refractivity contribution in [2.24, 2.45) is 0 Å². The number of nitrogens with zero attached hydrogens (tertiary/aromatic N) is 1. The highest BCUT2D eigenvalue weighted by Gasteiger charge is 2.35. The monoisotopic (exact) mass is 490 g/mol. The zero-order valence-corrected chi connectivity index (χ0v) is 20.0. The van der Waals surface area contributed by atoms with Gasteiger partial charge < -0.3 is 4.74 Å². The number of rotatable bonds is 6. The molecule has 1 heterocycles. The number of para-hydroxylation sites is 1. The van der Waals surface area contributed by atoms with Gasteiger partial charge in [-0.15, -0.1) is 0 Å². The van der Waals surface area contributed by atoms with Crippen molar-refractivity contribution in [2.45, 2.75) is 5.92 Å². The van der Waals surface area contributed by atoms with E-state index in [4.69, 9.17) is 17.0 Å². The van der Waals surface area contributed by atoms with Crippen molar-refractivity contribution in [1.29, 1.82) is 0 Å². The van der Waals surface area contributed by atoms with Crippen LogP contribution in [0.3, 0.4) is 0 Å². The van der Waals surface area contributed by atoms with Gasteiger partial charge in [0.15, 0.2) is 5.11 Å². The number of anilines is 1. The molecule has 0 spiro atoms. The standard InChI is InChI=1S/C30H22N2O3S/c33-28-27(20-26(21-10-4-1-5-11-21)22-12-6-2-7-13-22)29(34)32(30(36)31-28)23-16-18-25(19-17-23)35-24-14-8-3-9-15-24/h1-20,26H,(H,31,33,36)/b27-20-. The maximum Gasteiger partial charge on any atom is 0.269 e. The van der Waals surface area contributed by atoms with Gasteiger partial charge in [-0.05, 0) is 59.7 Å². The summed E-state index contributed by atoms with van der Waals surface area (Å²) in [5, 5.41) is 2.71. The van der Waals surface area contributed by atoms with E-state index >= 15 is 0 Å². The summed E-state index contributed by atoms with van der Waals surface area (Å²) in [6, 6.07) is 36.0. The topological polar surface area (TPSA) is 58.6 Å². The van der Waals surface area contributed by atoms with Crippen LogP contribution in [0.25, 0.3) is 0 Å². The maximum atomic E-state index is 13.6. The number of hydrogen-bond acceptors (Lipinski definition) is 4. The third kappa shape index (κ3) is 4.94. The molecule has 4 aromatic carbocycles. The Morgan fingerprint density at radius 3 is 1.75 bits per heavy atom. The second-order valence-electron chi connectivity index (χ2n) is 8.19. The molecule has 1 saturated heterocycles. The number of nitrogens with one attached hydrogen (secondary N) is 1. The van der Waals surface area contributed by atoms with Gasteiger partial charge in [-0.25, -0.2) is 0 Å². The Bertz CT molecular complexity index is 1380. The summed E-state index contributed by atoms with van der Waals surface area (Å²) in [7, 11) is 0. The minimum absolute atomic E-state index is 0.0333. The quantitative estimate of drug-likeness (QED) is 0.205. The van der Waals surface area contributed by atoms with Crippen molar-refractivity contribution >= 4 is 34.8 Å². The molecule has 6 heteroatoms. The summed E-state index contributed by atoms with van der Waals surface area (Å²) in [5.41, 5.74) is 2.51. The van der Waals surface area contributed by atoms with Crippen molar-refractivity contribution < 1.29 is 14.3 Å². The van der Waals surface area contributed by atoms with Crippen molar-refractivity contribution in [1.82, 2.24) is 5.32 Å². The number of allylic oxidation sites excluding steroid dienone is 1. The lowest BCUT2D eigenvalue weighted by molar-refractivity contribution is -0.122. The van der Waals surface area contributed by atoms with E-state index in [-0.39, 0.29) is 16.6 Å². The lowest BCUT2D eigenvalue weighted by Crippen LogP contribution is -2.54. The predicted octanol–water partition coefficient (Wildman–Crippen LogP) is 5.99. The molecular weight excluding hydrogens is 468 g/mol. The van der Waals surface area contributed by atoms with Crippen LogP contribution in [0.2, 0.25) is 0 Å². The summed E-state index contributed by atoms with van der Waals surface area (Å²) in [6.45, 7) is 0. The number of amides is 2. The summed E-state index contributed by atoms with van der Waals surface area (Å²) in [4.78, 5) is 27.8. The fourth-order valence-electron chi connectivity index (χ4n) is 4.07. The Balaban J connectivity index is 1.47. The first-order valence-corrected chi connectivity index (χ1v) is 11.9. The summed E-state index contributed by atoms with van der Waals surface area (Å²) in [6.07, 6.45) is 1.71. The van der Waals surface area contributed by atoms with Gasteiger partial charge in [0.05, 0.1) is 5.69 Å². The van der Waals surface area contributed by atoms with Gasteiger partial charge in [0.1, 0.15) is 17.1 Å². The van der Waals surface area contributed by atoms with E-state index in [0.29, 0.717) is 17.2 Å². The number of carbonyl (C=O) groups is 2. The number of benzene rings is 4. The Hall–Kier alpha value is -4.55. The smallest absolute Gasteiger partial charge is 0.269 e. The summed E-state index contributed by atoms with van der Waals surface area (Å²) >= 11 is 5.37. The zero-order valence-electron chi connectivity index (χ0n) is 19.2. The lowest BCUT2D eigenvalue weighted by Gasteiger charge is -2.29. The van der Waals surface area contributed by atoms with Crippen LogP contribution in [0.5, 0.6) is 11.5 Å². The maximum absolute atomic E-state index is 13.6. The van der Waals surface area contributed by atoms with E-state index in [1.54, 1.807) is 30.3 Å². The normalized spacial score (nSPS) is 14.8. The van der Waals surface area contributed by atoms with Crippen molar-refractivity contribution in [3.63, 3.8) is 0 Å². The SMILES string of the molecule is O=C1NC(=S)N(c2ccc(Oc3ccccc3)cc2)C(=O)/C1=C\C(c1ccccc1)c1ccccc1. The first-order valence-electron chi connectivity index (χ1n) is 11.4. The zero-order chi connectivity index (χ0) is 24.9. The molecule has 0 bridgehead atoms. The van der Waals surface area contributed by atoms with Gasteiger partial charge in [0.25, 0.3) is 11.8 Å². The van der Waals surface area contributed by atoms with Crippen LogP contribution in [-0.4, -0.2) is 16.9 Å². The average molecular weight is 491 g/mol. The largest absolute Gasteiger partial charge is 0.457 e. The molecule has 36 heavy (non-hydrogen) atoms. The second-order valence-corrected chi connectivity index (χ2v) is 8.57. The van der Waals surface area contributed by atoms with Crippen molar-refractivity contribution in [2.75, 3.05) is 4.90 Å². The Labute approximate surface area is 214 Å². The van der Waals surface area contributed by atoms with E-state index in [1.165, 1.54) is 4.90 Å². The molecule has 0 atom stereocenters. The van der Waals surface area contributed by atoms with Crippen LogP contribution in [0.4, 0.5) is 5.69 Å². The van der Waals surface area contributed by atoms with Crippen LogP contribution >= 0.6 is 12.2 Å². The summed E-state index contributed by atoms with van der Waals surface area (Å²) < 4.78 is 5.85. The minimum Gasteiger partial charge on any atom is -0.457 e. The molecule has 0 aromatic heterocycles. The fraction of sp³-hybridized carbons (Fsp3) is 0.0333. The molecule has 1 fully saturated rings. The van der Waals surface area contributed by atoms with E-state index in [1.807, 2.05) is 91.0 Å². The Morgan fingerprint density at radius 2 is 1.19 bits per heavy atom. The highest BCUT2D eigenvalue weighted by Crippen LogP contribution is 2.30. The summed E-state index contributed by atoms with van der Waals surface area (Å²) in [5.74, 6) is 0.0558. The first kappa shape index (κ1) is 23.2. The van der Waals surface area contributed by atoms with Crippen LogP contribution in [-0.2, 0) is 9.59 Å². The molecule has 2 amide bonds. The van der Waals surface area contributed by atoms with Crippen LogP contribution < -0.4 is 15.0 Å². The molecule has 1 aliphatic rings. The highest BCUT2D eigenvalue weighted by atomic mass is 32.1. The number of thiocarbonyl (C=S) groups is 1. The van der Waals surface area contributed by atoms with Crippen molar-refractivity contribution in [3.8, 4) is 11.5 Å². The van der Waals surface area contributed by atoms with Gasteiger partial charge >= 0.3 is 0 Å². The minimum atomic E-state index is -0.512. The molecular formula is C30H22N2O3S. The van der Waals surface area contributed by atoms with Crippen LogP contribution in [0.1, 0.15) is 17.0 Å². The molecule has 1 N–H and O–H groups in total. The molecule has 0 unspecified atom stereocenters. The first-order chi connectivity index (χ1) is 17.6. The number of carbonyl (C=O) groups excluding carboxylic acids is 2. The van der Waals surface area contributed by atoms with Gasteiger partial charge in [-0.2, -0.15) is 0 Å². The van der Waals surface area contributed by atoms with Gasteiger partial charge in [-0.3, -0.25) is 19.8 Å². The van der Waals surface area contributed by atoms with Gasteiger partial charge in [0, 0.05) is 5.92 Å². The Morgan fingerprint density at radius 1 is 0.694 bits per heavy atom. The average Bonchev–Trinajstić information content (AvgIpc) is 2.91. The third-order valence-corrected chi connectivity index (χ3v) is 6.11. The lowest BCUT2D eigenvalue weighted by atomic mass is 9.89. The molecule has 5 nitrogen and oxygen atoms in total. The van der Waals surface area contributed by atoms with Gasteiger partial charge in [0.2, 0.25) is 0 Å². The Kier molecular flexibility index (Phi) is 6.69. The van der Waals surface area contributed by atoms with E-state index in [2.05, 4.69) is 5.32 Å². The van der Waals surface area contributed by atoms with E-state index < -0.39 is 11.8 Å². The molecule has 1 aliphatic heterocycles. The van der Waals surface area contributed by atoms with Gasteiger partial charge in [-0.1, -0.05) is 84.9 Å². The molecule has 5 rings (SSSR count). The number of ether oxygens (including phenoxy) is 1. The number of hydrogen-bond donors (Lipinski definition) is 1. The highest BCUT2D eigenvalue weighted by molar-refractivity contribution is 7.80. The molecule has 4 aromatic rings. The van der Waals surface area contributed by atoms with E-state index in [0.717, 1.165) is 11.1 Å². The van der Waals surface area contributed by atoms with E-state index in [9.17, 15) is 9.59 Å². The second kappa shape index (κ2) is 10.4. The molecule has 0 aliphatic carbocycles.